The van der Waals surface area contributed by atoms with E-state index in [1.807, 2.05) is 59.5 Å². The molecule has 0 saturated carbocycles. The van der Waals surface area contributed by atoms with E-state index in [1.54, 1.807) is 23.3 Å². The van der Waals surface area contributed by atoms with Gasteiger partial charge in [-0.2, -0.15) is 0 Å². The summed E-state index contributed by atoms with van der Waals surface area (Å²) in [5, 5.41) is 0. The molecule has 5 nitrogen and oxygen atoms in total. The van der Waals surface area contributed by atoms with Gasteiger partial charge in [-0.15, -0.1) is 0 Å². The molecule has 1 unspecified atom stereocenters. The number of amides is 1. The van der Waals surface area contributed by atoms with Crippen LogP contribution in [0.1, 0.15) is 11.6 Å². The van der Waals surface area contributed by atoms with Crippen molar-refractivity contribution in [2.45, 2.75) is 12.6 Å². The van der Waals surface area contributed by atoms with Gasteiger partial charge in [0.1, 0.15) is 18.9 Å². The number of carbonyl (C=O) groups is 1. The fraction of sp³-hybridized carbons (Fsp3) is 0.158. The van der Waals surface area contributed by atoms with Gasteiger partial charge >= 0.3 is 0 Å². The number of benzene rings is 2. The van der Waals surface area contributed by atoms with E-state index in [4.69, 9.17) is 4.74 Å². The maximum Gasteiger partial charge on any atom is 0.247 e. The van der Waals surface area contributed by atoms with Gasteiger partial charge in [-0.25, -0.2) is 4.98 Å². The summed E-state index contributed by atoms with van der Waals surface area (Å²) in [6.07, 6.45) is 5.12. The van der Waals surface area contributed by atoms with E-state index in [0.29, 0.717) is 6.61 Å². The minimum atomic E-state index is -0.142. The molecular weight excluding hydrogens is 302 g/mol. The van der Waals surface area contributed by atoms with Crippen LogP contribution in [0.15, 0.2) is 73.3 Å². The number of anilines is 1. The predicted molar refractivity (Wildman–Crippen MR) is 90.8 cm³/mol. The Kier molecular flexibility index (Phi) is 3.75. The van der Waals surface area contributed by atoms with Crippen LogP contribution in [0, 0.1) is 0 Å². The number of nitrogens with zero attached hydrogens (tertiary/aromatic N) is 3. The summed E-state index contributed by atoms with van der Waals surface area (Å²) in [4.78, 5) is 18.9. The SMILES string of the molecule is O=C(Cn1ccnc1)N1c2ccccc2OCC1c1ccccc1. The zero-order valence-electron chi connectivity index (χ0n) is 13.1. The third-order valence-corrected chi connectivity index (χ3v) is 4.16. The van der Waals surface area contributed by atoms with Gasteiger partial charge in [0, 0.05) is 12.4 Å². The summed E-state index contributed by atoms with van der Waals surface area (Å²) in [7, 11) is 0. The predicted octanol–water partition coefficient (Wildman–Crippen LogP) is 3.05. The van der Waals surface area contributed by atoms with Crippen LogP contribution in [-0.4, -0.2) is 22.1 Å². The standard InChI is InChI=1S/C19H17N3O2/c23-19(12-21-11-10-20-14-21)22-16-8-4-5-9-18(16)24-13-17(22)15-6-2-1-3-7-15/h1-11,14,17H,12-13H2. The van der Waals surface area contributed by atoms with E-state index in [1.165, 1.54) is 0 Å². The number of aromatic nitrogens is 2. The van der Waals surface area contributed by atoms with E-state index >= 15 is 0 Å². The Balaban J connectivity index is 1.73. The number of fused-ring (bicyclic) bond motifs is 1. The molecule has 0 fully saturated rings. The normalized spacial score (nSPS) is 16.3. The minimum Gasteiger partial charge on any atom is -0.489 e. The fourth-order valence-corrected chi connectivity index (χ4v) is 3.03. The van der Waals surface area contributed by atoms with Gasteiger partial charge in [0.05, 0.1) is 18.1 Å². The molecule has 5 heteroatoms. The van der Waals surface area contributed by atoms with E-state index in [9.17, 15) is 4.79 Å². The van der Waals surface area contributed by atoms with Crippen LogP contribution < -0.4 is 9.64 Å². The third-order valence-electron chi connectivity index (χ3n) is 4.16. The lowest BCUT2D eigenvalue weighted by atomic mass is 10.0. The average Bonchev–Trinajstić information content (AvgIpc) is 3.14. The largest absolute Gasteiger partial charge is 0.489 e. The fourth-order valence-electron chi connectivity index (χ4n) is 3.03. The molecule has 0 bridgehead atoms. The van der Waals surface area contributed by atoms with Gasteiger partial charge in [0.25, 0.3) is 0 Å². The first-order valence-electron chi connectivity index (χ1n) is 7.87. The second kappa shape index (κ2) is 6.20. The van der Waals surface area contributed by atoms with E-state index in [2.05, 4.69) is 4.98 Å². The zero-order valence-corrected chi connectivity index (χ0v) is 13.1. The highest BCUT2D eigenvalue weighted by Gasteiger charge is 2.33. The molecule has 0 N–H and O–H groups in total. The van der Waals surface area contributed by atoms with Crippen molar-refractivity contribution in [2.24, 2.45) is 0 Å². The number of hydrogen-bond acceptors (Lipinski definition) is 3. The monoisotopic (exact) mass is 319 g/mol. The Morgan fingerprint density at radius 1 is 1.12 bits per heavy atom. The van der Waals surface area contributed by atoms with Crippen molar-refractivity contribution in [2.75, 3.05) is 11.5 Å². The molecule has 120 valence electrons. The van der Waals surface area contributed by atoms with Crippen LogP contribution in [0.25, 0.3) is 0 Å². The van der Waals surface area contributed by atoms with Crippen molar-refractivity contribution in [1.82, 2.24) is 9.55 Å². The van der Waals surface area contributed by atoms with Crippen LogP contribution in [0.3, 0.4) is 0 Å². The van der Waals surface area contributed by atoms with Gasteiger partial charge in [0.2, 0.25) is 5.91 Å². The molecule has 3 aromatic rings. The Labute approximate surface area is 140 Å². The highest BCUT2D eigenvalue weighted by atomic mass is 16.5. The molecular formula is C19H17N3O2. The van der Waals surface area contributed by atoms with Crippen LogP contribution in [0.5, 0.6) is 5.75 Å². The molecule has 4 rings (SSSR count). The molecule has 2 aromatic carbocycles. The molecule has 0 radical (unpaired) electrons. The number of ether oxygens (including phenoxy) is 1. The Bertz CT molecular complexity index is 831. The highest BCUT2D eigenvalue weighted by molar-refractivity contribution is 5.96. The van der Waals surface area contributed by atoms with Crippen LogP contribution in [0.4, 0.5) is 5.69 Å². The van der Waals surface area contributed by atoms with Crippen molar-refractivity contribution in [3.8, 4) is 5.75 Å². The summed E-state index contributed by atoms with van der Waals surface area (Å²) >= 11 is 0. The first kappa shape index (κ1) is 14.5. The maximum absolute atomic E-state index is 13.0. The van der Waals surface area contributed by atoms with E-state index in [0.717, 1.165) is 17.0 Å². The lowest BCUT2D eigenvalue weighted by Gasteiger charge is -2.37. The van der Waals surface area contributed by atoms with E-state index in [-0.39, 0.29) is 18.5 Å². The zero-order chi connectivity index (χ0) is 16.4. The first-order valence-corrected chi connectivity index (χ1v) is 7.87. The van der Waals surface area contributed by atoms with Crippen molar-refractivity contribution in [3.05, 3.63) is 78.9 Å². The maximum atomic E-state index is 13.0. The summed E-state index contributed by atoms with van der Waals surface area (Å²) in [6, 6.07) is 17.5. The number of carbonyl (C=O) groups excluding carboxylic acids is 1. The first-order chi connectivity index (χ1) is 11.8. The summed E-state index contributed by atoms with van der Waals surface area (Å²) in [5.41, 5.74) is 1.87. The Hall–Kier alpha value is -3.08. The molecule has 1 aromatic heterocycles. The second-order valence-corrected chi connectivity index (χ2v) is 5.70. The second-order valence-electron chi connectivity index (χ2n) is 5.70. The molecule has 1 aliphatic heterocycles. The summed E-state index contributed by atoms with van der Waals surface area (Å²) < 4.78 is 7.67. The van der Waals surface area contributed by atoms with Gasteiger partial charge in [-0.1, -0.05) is 42.5 Å². The van der Waals surface area contributed by atoms with Crippen molar-refractivity contribution < 1.29 is 9.53 Å². The van der Waals surface area contributed by atoms with Gasteiger partial charge < -0.3 is 9.30 Å². The smallest absolute Gasteiger partial charge is 0.247 e. The van der Waals surface area contributed by atoms with Crippen molar-refractivity contribution in [3.63, 3.8) is 0 Å². The third kappa shape index (κ3) is 2.65. The Morgan fingerprint density at radius 3 is 2.71 bits per heavy atom. The highest BCUT2D eigenvalue weighted by Crippen LogP contribution is 2.39. The minimum absolute atomic E-state index is 0.0117. The molecule has 1 aliphatic rings. The lowest BCUT2D eigenvalue weighted by Crippen LogP contribution is -2.42. The van der Waals surface area contributed by atoms with Crippen LogP contribution >= 0.6 is 0 Å². The van der Waals surface area contributed by atoms with Gasteiger partial charge in [-0.3, -0.25) is 9.69 Å². The molecule has 2 heterocycles. The molecule has 24 heavy (non-hydrogen) atoms. The molecule has 0 aliphatic carbocycles. The number of rotatable bonds is 3. The number of para-hydroxylation sites is 2. The molecule has 0 saturated heterocycles. The quantitative estimate of drug-likeness (QED) is 0.745. The summed E-state index contributed by atoms with van der Waals surface area (Å²) in [5.74, 6) is 0.751. The van der Waals surface area contributed by atoms with Gasteiger partial charge in [0.15, 0.2) is 0 Å². The van der Waals surface area contributed by atoms with Crippen molar-refractivity contribution >= 4 is 11.6 Å². The topological polar surface area (TPSA) is 47.4 Å². The molecule has 1 atom stereocenters. The van der Waals surface area contributed by atoms with E-state index < -0.39 is 0 Å². The van der Waals surface area contributed by atoms with Gasteiger partial charge in [-0.05, 0) is 17.7 Å². The molecule has 1 amide bonds. The van der Waals surface area contributed by atoms with Crippen LogP contribution in [0.2, 0.25) is 0 Å². The molecule has 0 spiro atoms. The number of hydrogen-bond donors (Lipinski definition) is 0. The Morgan fingerprint density at radius 2 is 1.92 bits per heavy atom. The number of imidazole rings is 1. The summed E-state index contributed by atoms with van der Waals surface area (Å²) in [6.45, 7) is 0.689. The average molecular weight is 319 g/mol. The lowest BCUT2D eigenvalue weighted by molar-refractivity contribution is -0.120. The van der Waals surface area contributed by atoms with Crippen molar-refractivity contribution in [1.29, 1.82) is 0 Å². The van der Waals surface area contributed by atoms with Crippen LogP contribution in [-0.2, 0) is 11.3 Å².